The Kier molecular flexibility index (Phi) is 6.69. The highest BCUT2D eigenvalue weighted by atomic mass is 19.2. The summed E-state index contributed by atoms with van der Waals surface area (Å²) in [5.41, 5.74) is 0.850. The Morgan fingerprint density at radius 3 is 2.43 bits per heavy atom. The maximum atomic E-state index is 13.1. The van der Waals surface area contributed by atoms with Crippen molar-refractivity contribution in [2.75, 3.05) is 18.5 Å². The zero-order valence-corrected chi connectivity index (χ0v) is 15.8. The van der Waals surface area contributed by atoms with Crippen molar-refractivity contribution in [3.8, 4) is 0 Å². The van der Waals surface area contributed by atoms with E-state index in [0.717, 1.165) is 28.5 Å². The second-order valence-corrected chi connectivity index (χ2v) is 6.43. The van der Waals surface area contributed by atoms with E-state index in [9.17, 15) is 23.2 Å². The van der Waals surface area contributed by atoms with Gasteiger partial charge in [-0.15, -0.1) is 0 Å². The first-order valence-corrected chi connectivity index (χ1v) is 9.06. The van der Waals surface area contributed by atoms with Crippen LogP contribution < -0.4 is 10.6 Å². The maximum absolute atomic E-state index is 13.1. The van der Waals surface area contributed by atoms with Crippen molar-refractivity contribution < 1.29 is 27.9 Å². The van der Waals surface area contributed by atoms with Crippen LogP contribution in [-0.4, -0.2) is 30.9 Å². The largest absolute Gasteiger partial charge is 0.454 e. The molecule has 0 aliphatic rings. The number of fused-ring (bicyclic) bond motifs is 1. The molecule has 0 unspecified atom stereocenters. The Balaban J connectivity index is 1.43. The summed E-state index contributed by atoms with van der Waals surface area (Å²) in [5, 5.41) is 6.68. The van der Waals surface area contributed by atoms with Crippen LogP contribution in [-0.2, 0) is 25.5 Å². The van der Waals surface area contributed by atoms with E-state index in [-0.39, 0.29) is 18.0 Å². The smallest absolute Gasteiger partial charge is 0.325 e. The lowest BCUT2D eigenvalue weighted by molar-refractivity contribution is -0.147. The number of anilines is 1. The van der Waals surface area contributed by atoms with Crippen molar-refractivity contribution in [1.82, 2.24) is 5.32 Å². The summed E-state index contributed by atoms with van der Waals surface area (Å²) >= 11 is 0. The highest BCUT2D eigenvalue weighted by Gasteiger charge is 2.12. The van der Waals surface area contributed by atoms with E-state index >= 15 is 0 Å². The number of amides is 2. The quantitative estimate of drug-likeness (QED) is 0.585. The number of halogens is 2. The summed E-state index contributed by atoms with van der Waals surface area (Å²) in [7, 11) is 0. The summed E-state index contributed by atoms with van der Waals surface area (Å²) in [6, 6.07) is 16.1. The molecule has 3 aromatic carbocycles. The van der Waals surface area contributed by atoms with E-state index in [2.05, 4.69) is 10.6 Å². The number of hydrogen-bond acceptors (Lipinski definition) is 4. The van der Waals surface area contributed by atoms with Crippen LogP contribution in [0.3, 0.4) is 0 Å². The SMILES string of the molecule is O=C(Cc1cccc2ccccc12)NCC(=O)OCC(=O)Nc1ccc(F)c(F)c1. The molecule has 0 heterocycles. The first-order chi connectivity index (χ1) is 14.4. The van der Waals surface area contributed by atoms with Gasteiger partial charge in [0.2, 0.25) is 5.91 Å². The molecule has 6 nitrogen and oxygen atoms in total. The molecule has 2 N–H and O–H groups in total. The summed E-state index contributed by atoms with van der Waals surface area (Å²) in [6.45, 7) is -1.03. The van der Waals surface area contributed by atoms with Crippen molar-refractivity contribution in [2.45, 2.75) is 6.42 Å². The third kappa shape index (κ3) is 5.60. The Morgan fingerprint density at radius 1 is 0.867 bits per heavy atom. The van der Waals surface area contributed by atoms with Gasteiger partial charge in [-0.1, -0.05) is 42.5 Å². The van der Waals surface area contributed by atoms with Gasteiger partial charge in [0.15, 0.2) is 18.2 Å². The van der Waals surface area contributed by atoms with Gasteiger partial charge < -0.3 is 15.4 Å². The van der Waals surface area contributed by atoms with Crippen molar-refractivity contribution in [3.63, 3.8) is 0 Å². The van der Waals surface area contributed by atoms with Crippen molar-refractivity contribution in [2.24, 2.45) is 0 Å². The van der Waals surface area contributed by atoms with Crippen LogP contribution in [0.5, 0.6) is 0 Å². The molecule has 2 amide bonds. The van der Waals surface area contributed by atoms with Crippen LogP contribution in [0.15, 0.2) is 60.7 Å². The molecule has 0 aliphatic heterocycles. The summed E-state index contributed by atoms with van der Waals surface area (Å²) in [4.78, 5) is 35.6. The lowest BCUT2D eigenvalue weighted by Crippen LogP contribution is -2.33. The molecule has 3 rings (SSSR count). The molecule has 0 saturated carbocycles. The minimum atomic E-state index is -1.11. The molecule has 0 radical (unpaired) electrons. The summed E-state index contributed by atoms with van der Waals surface area (Å²) in [5.74, 6) is -4.05. The van der Waals surface area contributed by atoms with Gasteiger partial charge in [-0.05, 0) is 28.5 Å². The molecule has 154 valence electrons. The molecule has 0 aliphatic carbocycles. The van der Waals surface area contributed by atoms with Crippen LogP contribution in [0.1, 0.15) is 5.56 Å². The molecule has 3 aromatic rings. The van der Waals surface area contributed by atoms with E-state index in [1.165, 1.54) is 6.07 Å². The van der Waals surface area contributed by atoms with Crippen LogP contribution in [0, 0.1) is 11.6 Å². The Labute approximate surface area is 170 Å². The third-order valence-electron chi connectivity index (χ3n) is 4.23. The number of hydrogen-bond donors (Lipinski definition) is 2. The predicted molar refractivity (Wildman–Crippen MR) is 107 cm³/mol. The van der Waals surface area contributed by atoms with E-state index in [0.29, 0.717) is 0 Å². The third-order valence-corrected chi connectivity index (χ3v) is 4.23. The molecule has 0 bridgehead atoms. The first kappa shape index (κ1) is 20.9. The molecular weight excluding hydrogens is 394 g/mol. The zero-order chi connectivity index (χ0) is 21.5. The number of carbonyl (C=O) groups excluding carboxylic acids is 3. The Morgan fingerprint density at radius 2 is 1.63 bits per heavy atom. The lowest BCUT2D eigenvalue weighted by Gasteiger charge is -2.09. The Hall–Kier alpha value is -3.81. The van der Waals surface area contributed by atoms with Gasteiger partial charge in [0, 0.05) is 11.8 Å². The predicted octanol–water partition coefficient (Wildman–Crippen LogP) is 2.96. The van der Waals surface area contributed by atoms with Gasteiger partial charge in [0.1, 0.15) is 6.54 Å². The molecule has 0 spiro atoms. The average Bonchev–Trinajstić information content (AvgIpc) is 2.74. The molecule has 0 fully saturated rings. The van der Waals surface area contributed by atoms with E-state index in [1.54, 1.807) is 0 Å². The minimum absolute atomic E-state index is 0.0262. The van der Waals surface area contributed by atoms with Crippen molar-refractivity contribution >= 4 is 34.2 Å². The molecular formula is C22H18F2N2O4. The fraction of sp³-hybridized carbons (Fsp3) is 0.136. The number of rotatable bonds is 7. The number of benzene rings is 3. The molecule has 8 heteroatoms. The lowest BCUT2D eigenvalue weighted by atomic mass is 10.0. The molecule has 0 atom stereocenters. The Bertz CT molecular complexity index is 1100. The highest BCUT2D eigenvalue weighted by molar-refractivity contribution is 5.93. The van der Waals surface area contributed by atoms with Crippen LogP contribution >= 0.6 is 0 Å². The number of nitrogens with one attached hydrogen (secondary N) is 2. The highest BCUT2D eigenvalue weighted by Crippen LogP contribution is 2.18. The van der Waals surface area contributed by atoms with E-state index < -0.39 is 36.7 Å². The van der Waals surface area contributed by atoms with E-state index in [1.807, 2.05) is 42.5 Å². The first-order valence-electron chi connectivity index (χ1n) is 9.06. The van der Waals surface area contributed by atoms with Crippen molar-refractivity contribution in [1.29, 1.82) is 0 Å². The fourth-order valence-electron chi connectivity index (χ4n) is 2.82. The van der Waals surface area contributed by atoms with Gasteiger partial charge in [0.05, 0.1) is 6.42 Å². The number of carbonyl (C=O) groups is 3. The standard InChI is InChI=1S/C22H18F2N2O4/c23-18-9-8-16(11-19(18)24)26-21(28)13-30-22(29)12-25-20(27)10-15-6-3-5-14-4-1-2-7-17(14)15/h1-9,11H,10,12-13H2,(H,25,27)(H,26,28). The monoisotopic (exact) mass is 412 g/mol. The fourth-order valence-corrected chi connectivity index (χ4v) is 2.82. The van der Waals surface area contributed by atoms with Crippen LogP contribution in [0.2, 0.25) is 0 Å². The zero-order valence-electron chi connectivity index (χ0n) is 15.8. The van der Waals surface area contributed by atoms with Crippen LogP contribution in [0.25, 0.3) is 10.8 Å². The second kappa shape index (κ2) is 9.60. The van der Waals surface area contributed by atoms with Crippen LogP contribution in [0.4, 0.5) is 14.5 Å². The number of ether oxygens (including phenoxy) is 1. The summed E-state index contributed by atoms with van der Waals surface area (Å²) in [6.07, 6.45) is 0.0885. The van der Waals surface area contributed by atoms with Gasteiger partial charge >= 0.3 is 5.97 Å². The van der Waals surface area contributed by atoms with Gasteiger partial charge in [-0.25, -0.2) is 8.78 Å². The van der Waals surface area contributed by atoms with Gasteiger partial charge in [-0.3, -0.25) is 14.4 Å². The molecule has 0 aromatic heterocycles. The van der Waals surface area contributed by atoms with E-state index in [4.69, 9.17) is 4.74 Å². The molecule has 30 heavy (non-hydrogen) atoms. The maximum Gasteiger partial charge on any atom is 0.325 e. The minimum Gasteiger partial charge on any atom is -0.454 e. The van der Waals surface area contributed by atoms with Crippen molar-refractivity contribution in [3.05, 3.63) is 77.9 Å². The van der Waals surface area contributed by atoms with Gasteiger partial charge in [-0.2, -0.15) is 0 Å². The average molecular weight is 412 g/mol. The normalized spacial score (nSPS) is 10.5. The van der Waals surface area contributed by atoms with Gasteiger partial charge in [0.25, 0.3) is 5.91 Å². The molecule has 0 saturated heterocycles. The second-order valence-electron chi connectivity index (χ2n) is 6.43. The summed E-state index contributed by atoms with van der Waals surface area (Å²) < 4.78 is 30.7. The topological polar surface area (TPSA) is 84.5 Å². The number of esters is 1.